The number of unbranched alkanes of at least 4 members (excludes halogenated alkanes) is 1. The summed E-state index contributed by atoms with van der Waals surface area (Å²) in [4.78, 5) is 36.6. The number of ketones is 3. The van der Waals surface area contributed by atoms with E-state index in [1.165, 1.54) is 6.92 Å². The maximum atomic E-state index is 12.3. The molecule has 1 saturated carbocycles. The normalized spacial score (nSPS) is 19.6. The van der Waals surface area contributed by atoms with Crippen molar-refractivity contribution in [3.05, 3.63) is 11.1 Å². The first-order chi connectivity index (χ1) is 9.69. The highest BCUT2D eigenvalue weighted by Gasteiger charge is 2.37. The van der Waals surface area contributed by atoms with Crippen molar-refractivity contribution in [2.45, 2.75) is 58.9 Å². The fourth-order valence-electron chi connectivity index (χ4n) is 2.72. The summed E-state index contributed by atoms with van der Waals surface area (Å²) in [6.45, 7) is 5.87. The third-order valence-corrected chi connectivity index (χ3v) is 3.89. The fourth-order valence-corrected chi connectivity index (χ4v) is 2.72. The molecule has 1 aliphatic rings. The second kappa shape index (κ2) is 7.09. The Morgan fingerprint density at radius 1 is 1.19 bits per heavy atom. The molecule has 5 nitrogen and oxygen atoms in total. The lowest BCUT2D eigenvalue weighted by atomic mass is 9.72. The number of hydrogen-bond acceptors (Lipinski definition) is 5. The van der Waals surface area contributed by atoms with Crippen LogP contribution in [0.3, 0.4) is 0 Å². The van der Waals surface area contributed by atoms with Gasteiger partial charge in [-0.15, -0.1) is 0 Å². The van der Waals surface area contributed by atoms with Gasteiger partial charge in [0.2, 0.25) is 0 Å². The minimum atomic E-state index is -0.667. The molecule has 21 heavy (non-hydrogen) atoms. The van der Waals surface area contributed by atoms with Crippen molar-refractivity contribution in [3.63, 3.8) is 0 Å². The molecule has 0 aliphatic heterocycles. The van der Waals surface area contributed by atoms with Crippen LogP contribution in [-0.2, 0) is 14.4 Å². The number of rotatable bonds is 6. The second-order valence-electron chi connectivity index (χ2n) is 6.62. The van der Waals surface area contributed by atoms with Gasteiger partial charge in [-0.1, -0.05) is 20.3 Å². The van der Waals surface area contributed by atoms with Crippen molar-refractivity contribution in [2.75, 3.05) is 6.54 Å². The smallest absolute Gasteiger partial charge is 0.176 e. The van der Waals surface area contributed by atoms with Crippen LogP contribution < -0.4 is 11.5 Å². The Labute approximate surface area is 126 Å². The van der Waals surface area contributed by atoms with Gasteiger partial charge < -0.3 is 11.5 Å². The first kappa shape index (κ1) is 17.7. The van der Waals surface area contributed by atoms with E-state index in [1.807, 2.05) is 13.8 Å². The molecule has 0 bridgehead atoms. The van der Waals surface area contributed by atoms with Crippen LogP contribution in [0.25, 0.3) is 0 Å². The topological polar surface area (TPSA) is 103 Å². The van der Waals surface area contributed by atoms with Gasteiger partial charge >= 0.3 is 0 Å². The lowest BCUT2D eigenvalue weighted by molar-refractivity contribution is -0.128. The summed E-state index contributed by atoms with van der Waals surface area (Å²) in [7, 11) is 0. The van der Waals surface area contributed by atoms with Crippen molar-refractivity contribution in [1.29, 1.82) is 0 Å². The maximum Gasteiger partial charge on any atom is 0.176 e. The number of hydrogen-bond donors (Lipinski definition) is 2. The average molecular weight is 294 g/mol. The van der Waals surface area contributed by atoms with Gasteiger partial charge in [0.15, 0.2) is 17.3 Å². The zero-order valence-corrected chi connectivity index (χ0v) is 13.2. The Morgan fingerprint density at radius 3 is 2.19 bits per heavy atom. The maximum absolute atomic E-state index is 12.3. The van der Waals surface area contributed by atoms with Crippen LogP contribution in [0.4, 0.5) is 0 Å². The van der Waals surface area contributed by atoms with Crippen molar-refractivity contribution >= 4 is 17.3 Å². The number of allylic oxidation sites excluding steroid dienone is 1. The summed E-state index contributed by atoms with van der Waals surface area (Å²) in [6.07, 6.45) is 2.68. The highest BCUT2D eigenvalue weighted by Crippen LogP contribution is 2.34. The summed E-state index contributed by atoms with van der Waals surface area (Å²) in [5, 5.41) is 0. The van der Waals surface area contributed by atoms with Gasteiger partial charge in [0.25, 0.3) is 0 Å². The second-order valence-corrected chi connectivity index (χ2v) is 6.62. The molecule has 0 spiro atoms. The van der Waals surface area contributed by atoms with E-state index in [0.29, 0.717) is 25.8 Å². The molecule has 0 radical (unpaired) electrons. The Morgan fingerprint density at radius 2 is 1.71 bits per heavy atom. The van der Waals surface area contributed by atoms with Gasteiger partial charge in [0.1, 0.15) is 0 Å². The number of Topliss-reactive ketones (excluding diaryl/α,β-unsaturated/α-hetero) is 3. The largest absolute Gasteiger partial charge is 0.330 e. The van der Waals surface area contributed by atoms with Crippen molar-refractivity contribution in [2.24, 2.45) is 16.9 Å². The molecule has 118 valence electrons. The quantitative estimate of drug-likeness (QED) is 0.436. The van der Waals surface area contributed by atoms with Gasteiger partial charge in [0.05, 0.1) is 11.6 Å². The van der Waals surface area contributed by atoms with Crippen LogP contribution in [0, 0.1) is 5.41 Å². The molecule has 0 saturated heterocycles. The van der Waals surface area contributed by atoms with Gasteiger partial charge in [-0.2, -0.15) is 0 Å². The van der Waals surface area contributed by atoms with E-state index in [4.69, 9.17) is 11.5 Å². The van der Waals surface area contributed by atoms with Crippen LogP contribution in [0.1, 0.15) is 52.9 Å². The van der Waals surface area contributed by atoms with Crippen LogP contribution in [0.5, 0.6) is 0 Å². The molecule has 0 amide bonds. The first-order valence-corrected chi connectivity index (χ1v) is 7.47. The highest BCUT2D eigenvalue weighted by atomic mass is 16.2. The summed E-state index contributed by atoms with van der Waals surface area (Å²) >= 11 is 0. The monoisotopic (exact) mass is 294 g/mol. The van der Waals surface area contributed by atoms with Crippen LogP contribution >= 0.6 is 0 Å². The summed E-state index contributed by atoms with van der Waals surface area (Å²) in [5.74, 6) is -0.782. The predicted molar refractivity (Wildman–Crippen MR) is 81.6 cm³/mol. The molecule has 0 aromatic rings. The summed E-state index contributed by atoms with van der Waals surface area (Å²) in [5.41, 5.74) is 11.2. The molecule has 1 aliphatic carbocycles. The van der Waals surface area contributed by atoms with Crippen molar-refractivity contribution in [3.8, 4) is 0 Å². The SMILES string of the molecule is CC(C(=O)[C@@H](N)CCCCN)=C1C(=O)CC(C)(C)CC1=O. The third kappa shape index (κ3) is 4.58. The fraction of sp³-hybridized carbons (Fsp3) is 0.688. The van der Waals surface area contributed by atoms with Crippen molar-refractivity contribution < 1.29 is 14.4 Å². The molecule has 1 rings (SSSR count). The molecule has 1 atom stereocenters. The Bertz CT molecular complexity index is 456. The Kier molecular flexibility index (Phi) is 5.98. The van der Waals surface area contributed by atoms with E-state index in [9.17, 15) is 14.4 Å². The summed E-state index contributed by atoms with van der Waals surface area (Å²) in [6, 6.07) is -0.667. The van der Waals surface area contributed by atoms with E-state index in [0.717, 1.165) is 12.8 Å². The molecule has 0 aromatic heterocycles. The van der Waals surface area contributed by atoms with Crippen LogP contribution in [0.15, 0.2) is 11.1 Å². The number of carbonyl (C=O) groups is 3. The third-order valence-electron chi connectivity index (χ3n) is 3.89. The van der Waals surface area contributed by atoms with Crippen LogP contribution in [0.2, 0.25) is 0 Å². The highest BCUT2D eigenvalue weighted by molar-refractivity contribution is 6.26. The molecule has 4 N–H and O–H groups in total. The number of carbonyl (C=O) groups excluding carboxylic acids is 3. The zero-order chi connectivity index (χ0) is 16.2. The Balaban J connectivity index is 2.88. The molecule has 0 aromatic carbocycles. The number of nitrogens with two attached hydrogens (primary N) is 2. The van der Waals surface area contributed by atoms with Gasteiger partial charge in [0, 0.05) is 18.4 Å². The molecular weight excluding hydrogens is 268 g/mol. The van der Waals surface area contributed by atoms with Gasteiger partial charge in [-0.25, -0.2) is 0 Å². The first-order valence-electron chi connectivity index (χ1n) is 7.47. The molecular formula is C16H26N2O3. The standard InChI is InChI=1S/C16H26N2O3/c1-10(15(21)11(18)6-4-5-7-17)14-12(19)8-16(2,3)9-13(14)20/h11H,4-9,17-18H2,1-3H3/t11-/m0/s1. The van der Waals surface area contributed by atoms with E-state index < -0.39 is 6.04 Å². The van der Waals surface area contributed by atoms with E-state index in [1.54, 1.807) is 0 Å². The van der Waals surface area contributed by atoms with Crippen LogP contribution in [-0.4, -0.2) is 29.9 Å². The molecule has 5 heteroatoms. The molecule has 1 fully saturated rings. The lowest BCUT2D eigenvalue weighted by Gasteiger charge is -2.29. The van der Waals surface area contributed by atoms with E-state index in [2.05, 4.69) is 0 Å². The summed E-state index contributed by atoms with van der Waals surface area (Å²) < 4.78 is 0. The van der Waals surface area contributed by atoms with E-state index >= 15 is 0 Å². The zero-order valence-electron chi connectivity index (χ0n) is 13.2. The van der Waals surface area contributed by atoms with Gasteiger partial charge in [-0.3, -0.25) is 14.4 Å². The van der Waals surface area contributed by atoms with Crippen molar-refractivity contribution in [1.82, 2.24) is 0 Å². The molecule has 0 heterocycles. The Hall–Kier alpha value is -1.33. The minimum absolute atomic E-state index is 0.0635. The lowest BCUT2D eigenvalue weighted by Crippen LogP contribution is -2.36. The predicted octanol–water partition coefficient (Wildman–Crippen LogP) is 1.29. The van der Waals surface area contributed by atoms with E-state index in [-0.39, 0.29) is 33.9 Å². The molecule has 0 unspecified atom stereocenters. The minimum Gasteiger partial charge on any atom is -0.330 e. The average Bonchev–Trinajstić information content (AvgIpc) is 2.35. The van der Waals surface area contributed by atoms with Gasteiger partial charge in [-0.05, 0) is 31.7 Å².